The summed E-state index contributed by atoms with van der Waals surface area (Å²) in [5.41, 5.74) is -0.0175. The second kappa shape index (κ2) is 5.95. The number of hydrogen-bond acceptors (Lipinski definition) is 6. The minimum Gasteiger partial charge on any atom is -0.457 e. The van der Waals surface area contributed by atoms with Crippen LogP contribution < -0.4 is 4.74 Å². The molecule has 0 saturated heterocycles. The minimum atomic E-state index is -3.68. The summed E-state index contributed by atoms with van der Waals surface area (Å²) in [5, 5.41) is 19.0. The van der Waals surface area contributed by atoms with Crippen molar-refractivity contribution < 1.29 is 27.4 Å². The number of ether oxygens (including phenoxy) is 1. The van der Waals surface area contributed by atoms with Crippen LogP contribution in [0.2, 0.25) is 0 Å². The molecule has 0 fully saturated rings. The Hall–Kier alpha value is -2.76. The van der Waals surface area contributed by atoms with Crippen molar-refractivity contribution in [2.75, 3.05) is 6.26 Å². The molecular weight excluding hydrogens is 349 g/mol. The Labute approximate surface area is 143 Å². The van der Waals surface area contributed by atoms with E-state index in [0.717, 1.165) is 18.4 Å². The molecule has 1 N–H and O–H groups in total. The van der Waals surface area contributed by atoms with E-state index in [1.54, 1.807) is 6.07 Å². The molecule has 1 atom stereocenters. The van der Waals surface area contributed by atoms with Crippen LogP contribution in [0.5, 0.6) is 11.5 Å². The Bertz CT molecular complexity index is 1040. The van der Waals surface area contributed by atoms with Gasteiger partial charge in [-0.25, -0.2) is 12.8 Å². The number of fused-ring (bicyclic) bond motifs is 1. The lowest BCUT2D eigenvalue weighted by molar-refractivity contribution is 0.0927. The number of nitriles is 1. The van der Waals surface area contributed by atoms with Gasteiger partial charge in [0.2, 0.25) is 0 Å². The third-order valence-electron chi connectivity index (χ3n) is 3.79. The first-order valence-corrected chi connectivity index (χ1v) is 9.06. The molecule has 0 aromatic heterocycles. The molecule has 0 unspecified atom stereocenters. The molecule has 25 heavy (non-hydrogen) atoms. The number of halogens is 1. The maximum absolute atomic E-state index is 13.5. The van der Waals surface area contributed by atoms with E-state index in [4.69, 9.17) is 10.00 Å². The molecule has 3 rings (SSSR count). The topological polar surface area (TPSA) is 104 Å². The molecule has 6 nitrogen and oxygen atoms in total. The molecular formula is C17H12FNO5S. The molecule has 128 valence electrons. The fourth-order valence-corrected chi connectivity index (χ4v) is 3.70. The number of sulfone groups is 1. The largest absolute Gasteiger partial charge is 0.457 e. The number of aliphatic hydroxyl groups excluding tert-OH is 1. The average Bonchev–Trinajstić information content (AvgIpc) is 2.81. The van der Waals surface area contributed by atoms with Gasteiger partial charge in [0.15, 0.2) is 15.6 Å². The molecule has 0 spiro atoms. The number of hydrogen-bond donors (Lipinski definition) is 1. The number of carbonyl (C=O) groups excluding carboxylic acids is 1. The van der Waals surface area contributed by atoms with Gasteiger partial charge in [0, 0.05) is 29.9 Å². The van der Waals surface area contributed by atoms with Crippen LogP contribution >= 0.6 is 0 Å². The van der Waals surface area contributed by atoms with Gasteiger partial charge in [0.25, 0.3) is 0 Å². The molecule has 2 aromatic rings. The smallest absolute Gasteiger partial charge is 0.176 e. The van der Waals surface area contributed by atoms with E-state index in [1.807, 2.05) is 0 Å². The zero-order valence-electron chi connectivity index (χ0n) is 13.0. The van der Waals surface area contributed by atoms with Gasteiger partial charge in [-0.05, 0) is 24.3 Å². The lowest BCUT2D eigenvalue weighted by Gasteiger charge is -2.14. The lowest BCUT2D eigenvalue weighted by Crippen LogP contribution is -2.06. The van der Waals surface area contributed by atoms with Crippen molar-refractivity contribution in [3.8, 4) is 17.6 Å². The first-order chi connectivity index (χ1) is 11.7. The van der Waals surface area contributed by atoms with E-state index in [1.165, 1.54) is 18.2 Å². The number of rotatable bonds is 3. The van der Waals surface area contributed by atoms with Crippen LogP contribution in [0.3, 0.4) is 0 Å². The SMILES string of the molecule is CS(=O)(=O)c1ccc(Oc2cc(F)cc(C#N)c2)c2c1C(=O)C[C@H]2O. The highest BCUT2D eigenvalue weighted by molar-refractivity contribution is 7.90. The van der Waals surface area contributed by atoms with Crippen LogP contribution in [-0.4, -0.2) is 25.6 Å². The monoisotopic (exact) mass is 361 g/mol. The Morgan fingerprint density at radius 1 is 1.32 bits per heavy atom. The summed E-state index contributed by atoms with van der Waals surface area (Å²) in [7, 11) is -3.68. The van der Waals surface area contributed by atoms with Crippen LogP contribution in [0, 0.1) is 17.1 Å². The van der Waals surface area contributed by atoms with Gasteiger partial charge < -0.3 is 9.84 Å². The first kappa shape index (κ1) is 17.1. The van der Waals surface area contributed by atoms with Crippen molar-refractivity contribution >= 4 is 15.6 Å². The van der Waals surface area contributed by atoms with Crippen LogP contribution in [0.15, 0.2) is 35.2 Å². The highest BCUT2D eigenvalue weighted by Crippen LogP contribution is 2.42. The second-order valence-electron chi connectivity index (χ2n) is 5.66. The van der Waals surface area contributed by atoms with Crippen molar-refractivity contribution in [3.05, 3.63) is 52.8 Å². The Morgan fingerprint density at radius 3 is 2.68 bits per heavy atom. The summed E-state index contributed by atoms with van der Waals surface area (Å²) in [6, 6.07) is 7.67. The maximum atomic E-state index is 13.5. The molecule has 0 aliphatic heterocycles. The highest BCUT2D eigenvalue weighted by Gasteiger charge is 2.36. The lowest BCUT2D eigenvalue weighted by atomic mass is 10.1. The molecule has 0 bridgehead atoms. The summed E-state index contributed by atoms with van der Waals surface area (Å²) in [5.74, 6) is -1.16. The Morgan fingerprint density at radius 2 is 2.04 bits per heavy atom. The average molecular weight is 361 g/mol. The molecule has 0 radical (unpaired) electrons. The molecule has 1 aliphatic rings. The van der Waals surface area contributed by atoms with Crippen molar-refractivity contribution in [1.29, 1.82) is 5.26 Å². The summed E-state index contributed by atoms with van der Waals surface area (Å²) < 4.78 is 42.8. The third-order valence-corrected chi connectivity index (χ3v) is 4.92. The van der Waals surface area contributed by atoms with Gasteiger partial charge in [0.05, 0.1) is 22.6 Å². The van der Waals surface area contributed by atoms with Crippen LogP contribution in [0.25, 0.3) is 0 Å². The molecule has 1 aliphatic carbocycles. The highest BCUT2D eigenvalue weighted by atomic mass is 32.2. The van der Waals surface area contributed by atoms with Gasteiger partial charge in [-0.1, -0.05) is 0 Å². The number of benzene rings is 2. The van der Waals surface area contributed by atoms with Gasteiger partial charge in [0.1, 0.15) is 17.3 Å². The maximum Gasteiger partial charge on any atom is 0.176 e. The summed E-state index contributed by atoms with van der Waals surface area (Å²) >= 11 is 0. The minimum absolute atomic E-state index is 0.00240. The van der Waals surface area contributed by atoms with E-state index in [0.29, 0.717) is 0 Å². The van der Waals surface area contributed by atoms with Crippen molar-refractivity contribution in [1.82, 2.24) is 0 Å². The number of ketones is 1. The second-order valence-corrected chi connectivity index (χ2v) is 7.64. The zero-order valence-corrected chi connectivity index (χ0v) is 13.8. The Kier molecular flexibility index (Phi) is 4.06. The van der Waals surface area contributed by atoms with Crippen LogP contribution in [-0.2, 0) is 9.84 Å². The van der Waals surface area contributed by atoms with E-state index >= 15 is 0 Å². The predicted octanol–water partition coefficient (Wildman–Crippen LogP) is 2.51. The van der Waals surface area contributed by atoms with E-state index in [-0.39, 0.29) is 39.5 Å². The molecule has 8 heteroatoms. The summed E-state index contributed by atoms with van der Waals surface area (Å²) in [6.07, 6.45) is -0.513. The van der Waals surface area contributed by atoms with E-state index < -0.39 is 27.5 Å². The van der Waals surface area contributed by atoms with Gasteiger partial charge in [-0.2, -0.15) is 5.26 Å². The fraction of sp³-hybridized carbons (Fsp3) is 0.176. The van der Waals surface area contributed by atoms with Crippen molar-refractivity contribution in [2.45, 2.75) is 17.4 Å². The zero-order chi connectivity index (χ0) is 18.4. The normalized spacial score (nSPS) is 16.4. The van der Waals surface area contributed by atoms with Gasteiger partial charge in [-0.15, -0.1) is 0 Å². The van der Waals surface area contributed by atoms with Crippen LogP contribution in [0.4, 0.5) is 4.39 Å². The number of carbonyl (C=O) groups is 1. The molecule has 0 saturated carbocycles. The quantitative estimate of drug-likeness (QED) is 0.901. The fourth-order valence-electron chi connectivity index (χ4n) is 2.79. The first-order valence-electron chi connectivity index (χ1n) is 7.17. The number of Topliss-reactive ketones (excluding diaryl/α,β-unsaturated/α-hetero) is 1. The molecule has 2 aromatic carbocycles. The molecule has 0 amide bonds. The summed E-state index contributed by atoms with van der Waals surface area (Å²) in [4.78, 5) is 11.9. The number of nitrogens with zero attached hydrogens (tertiary/aromatic N) is 1. The van der Waals surface area contributed by atoms with Crippen molar-refractivity contribution in [3.63, 3.8) is 0 Å². The predicted molar refractivity (Wildman–Crippen MR) is 84.6 cm³/mol. The van der Waals surface area contributed by atoms with Crippen molar-refractivity contribution in [2.24, 2.45) is 0 Å². The van der Waals surface area contributed by atoms with E-state index in [9.17, 15) is 22.7 Å². The van der Waals surface area contributed by atoms with Gasteiger partial charge >= 0.3 is 0 Å². The Balaban J connectivity index is 2.15. The molecule has 0 heterocycles. The van der Waals surface area contributed by atoms with Gasteiger partial charge in [-0.3, -0.25) is 4.79 Å². The summed E-state index contributed by atoms with van der Waals surface area (Å²) in [6.45, 7) is 0. The van der Waals surface area contributed by atoms with E-state index in [2.05, 4.69) is 0 Å². The standard InChI is InChI=1S/C17H12FNO5S/c1-25(22,23)15-3-2-14(16-12(20)7-13(21)17(15)16)24-11-5-9(8-19)4-10(18)6-11/h2-6,12,20H,7H2,1H3/t12-/m1/s1. The third kappa shape index (κ3) is 3.12. The van der Waals surface area contributed by atoms with Crippen LogP contribution in [0.1, 0.15) is 34.0 Å². The number of aliphatic hydroxyl groups is 1.